The molecule has 0 amide bonds. The maximum Gasteiger partial charge on any atom is 0.0692 e. The molecule has 0 spiro atoms. The van der Waals surface area contributed by atoms with Crippen LogP contribution in [0.25, 0.3) is 10.9 Å². The van der Waals surface area contributed by atoms with E-state index in [-0.39, 0.29) is 6.15 Å². The van der Waals surface area contributed by atoms with Gasteiger partial charge in [0.15, 0.2) is 0 Å². The minimum Gasteiger partial charge on any atom is -0.344 e. The van der Waals surface area contributed by atoms with Gasteiger partial charge in [0.2, 0.25) is 0 Å². The fourth-order valence-corrected chi connectivity index (χ4v) is 1.91. The van der Waals surface area contributed by atoms with Crippen molar-refractivity contribution in [3.63, 3.8) is 0 Å². The third kappa shape index (κ3) is 2.06. The molecular formula is C10H14IN3. The highest BCUT2D eigenvalue weighted by molar-refractivity contribution is 14.1. The van der Waals surface area contributed by atoms with Crippen LogP contribution in [0.3, 0.4) is 0 Å². The molecule has 3 nitrogen and oxygen atoms in total. The van der Waals surface area contributed by atoms with E-state index in [0.717, 1.165) is 13.0 Å². The Kier molecular flexibility index (Phi) is 3.88. The van der Waals surface area contributed by atoms with Crippen molar-refractivity contribution < 1.29 is 0 Å². The smallest absolute Gasteiger partial charge is 0.0692 e. The van der Waals surface area contributed by atoms with E-state index in [1.165, 1.54) is 14.5 Å². The van der Waals surface area contributed by atoms with Crippen LogP contribution in [0.5, 0.6) is 0 Å². The molecule has 4 heteroatoms. The Balaban J connectivity index is 0.000000980. The summed E-state index contributed by atoms with van der Waals surface area (Å²) in [7, 11) is 0. The molecule has 0 saturated carbocycles. The van der Waals surface area contributed by atoms with Crippen molar-refractivity contribution >= 4 is 33.5 Å². The lowest BCUT2D eigenvalue weighted by Crippen LogP contribution is -1.97. The van der Waals surface area contributed by atoms with Crippen LogP contribution in [0.2, 0.25) is 0 Å². The molecule has 1 heterocycles. The second-order valence-corrected chi connectivity index (χ2v) is 4.32. The van der Waals surface area contributed by atoms with E-state index < -0.39 is 0 Å². The molecule has 0 aliphatic heterocycles. The van der Waals surface area contributed by atoms with Gasteiger partial charge in [-0.05, 0) is 41.1 Å². The SMILES string of the molecule is CCCn1ncc2ccc(I)cc21.N. The molecule has 2 rings (SSSR count). The molecule has 14 heavy (non-hydrogen) atoms. The number of halogens is 1. The standard InChI is InChI=1S/C10H11IN2.H3N/c1-2-5-13-10-6-9(11)4-3-8(10)7-12-13;/h3-4,6-7H,2,5H2,1H3;1H3. The molecule has 2 aromatic rings. The number of aryl methyl sites for hydroxylation is 1. The number of nitrogens with zero attached hydrogens (tertiary/aromatic N) is 2. The van der Waals surface area contributed by atoms with Gasteiger partial charge in [0.1, 0.15) is 0 Å². The number of aromatic nitrogens is 2. The van der Waals surface area contributed by atoms with Gasteiger partial charge < -0.3 is 6.15 Å². The van der Waals surface area contributed by atoms with Crippen molar-refractivity contribution in [3.05, 3.63) is 28.0 Å². The van der Waals surface area contributed by atoms with Crippen LogP contribution in [-0.4, -0.2) is 9.78 Å². The zero-order valence-corrected chi connectivity index (χ0v) is 10.4. The molecule has 0 bridgehead atoms. The van der Waals surface area contributed by atoms with Gasteiger partial charge in [-0.3, -0.25) is 4.68 Å². The quantitative estimate of drug-likeness (QED) is 0.866. The summed E-state index contributed by atoms with van der Waals surface area (Å²) in [6, 6.07) is 6.41. The monoisotopic (exact) mass is 303 g/mol. The number of hydrogen-bond donors (Lipinski definition) is 1. The molecule has 1 aromatic heterocycles. The maximum absolute atomic E-state index is 4.34. The minimum absolute atomic E-state index is 0. The summed E-state index contributed by atoms with van der Waals surface area (Å²) in [6.07, 6.45) is 3.06. The summed E-state index contributed by atoms with van der Waals surface area (Å²) in [5.41, 5.74) is 1.24. The van der Waals surface area contributed by atoms with Crippen molar-refractivity contribution in [2.24, 2.45) is 0 Å². The summed E-state index contributed by atoms with van der Waals surface area (Å²) in [5, 5.41) is 5.57. The molecule has 0 aliphatic rings. The van der Waals surface area contributed by atoms with E-state index >= 15 is 0 Å². The van der Waals surface area contributed by atoms with Crippen molar-refractivity contribution in [1.82, 2.24) is 15.9 Å². The van der Waals surface area contributed by atoms with Gasteiger partial charge in [-0.2, -0.15) is 5.10 Å². The Hall–Kier alpha value is -0.620. The Morgan fingerprint density at radius 2 is 2.21 bits per heavy atom. The Bertz CT molecular complexity index is 422. The molecule has 0 aliphatic carbocycles. The normalized spacial score (nSPS) is 10.1. The van der Waals surface area contributed by atoms with E-state index in [9.17, 15) is 0 Å². The van der Waals surface area contributed by atoms with E-state index in [4.69, 9.17) is 0 Å². The molecular weight excluding hydrogens is 289 g/mol. The fraction of sp³-hybridized carbons (Fsp3) is 0.300. The maximum atomic E-state index is 4.34. The number of benzene rings is 1. The van der Waals surface area contributed by atoms with Gasteiger partial charge in [-0.1, -0.05) is 13.0 Å². The van der Waals surface area contributed by atoms with Crippen molar-refractivity contribution in [2.75, 3.05) is 0 Å². The van der Waals surface area contributed by atoms with Crippen LogP contribution in [-0.2, 0) is 6.54 Å². The van der Waals surface area contributed by atoms with Crippen molar-refractivity contribution in [3.8, 4) is 0 Å². The van der Waals surface area contributed by atoms with Crippen molar-refractivity contribution in [1.29, 1.82) is 0 Å². The van der Waals surface area contributed by atoms with Crippen LogP contribution in [0.4, 0.5) is 0 Å². The largest absolute Gasteiger partial charge is 0.344 e. The predicted molar refractivity (Wildman–Crippen MR) is 67.8 cm³/mol. The zero-order valence-electron chi connectivity index (χ0n) is 8.20. The van der Waals surface area contributed by atoms with Crippen LogP contribution < -0.4 is 6.15 Å². The van der Waals surface area contributed by atoms with Gasteiger partial charge in [0.25, 0.3) is 0 Å². The number of hydrogen-bond acceptors (Lipinski definition) is 2. The number of fused-ring (bicyclic) bond motifs is 1. The first-order chi connectivity index (χ1) is 6.31. The summed E-state index contributed by atoms with van der Waals surface area (Å²) in [6.45, 7) is 3.17. The molecule has 0 fully saturated rings. The highest BCUT2D eigenvalue weighted by atomic mass is 127. The van der Waals surface area contributed by atoms with Gasteiger partial charge >= 0.3 is 0 Å². The van der Waals surface area contributed by atoms with Crippen LogP contribution >= 0.6 is 22.6 Å². The lowest BCUT2D eigenvalue weighted by molar-refractivity contribution is 0.622. The Morgan fingerprint density at radius 3 is 2.93 bits per heavy atom. The average Bonchev–Trinajstić information content (AvgIpc) is 2.49. The highest BCUT2D eigenvalue weighted by Gasteiger charge is 2.01. The zero-order chi connectivity index (χ0) is 9.26. The van der Waals surface area contributed by atoms with Gasteiger partial charge in [0, 0.05) is 15.5 Å². The third-order valence-corrected chi connectivity index (χ3v) is 2.71. The third-order valence-electron chi connectivity index (χ3n) is 2.04. The second-order valence-electron chi connectivity index (χ2n) is 3.07. The summed E-state index contributed by atoms with van der Waals surface area (Å²) in [5.74, 6) is 0. The molecule has 0 atom stereocenters. The number of rotatable bonds is 2. The van der Waals surface area contributed by atoms with Gasteiger partial charge in [0.05, 0.1) is 11.7 Å². The van der Waals surface area contributed by atoms with E-state index in [1.54, 1.807) is 0 Å². The van der Waals surface area contributed by atoms with E-state index in [1.807, 2.05) is 6.20 Å². The minimum atomic E-state index is 0. The van der Waals surface area contributed by atoms with E-state index in [2.05, 4.69) is 57.5 Å². The highest BCUT2D eigenvalue weighted by Crippen LogP contribution is 2.17. The lowest BCUT2D eigenvalue weighted by atomic mass is 10.2. The predicted octanol–water partition coefficient (Wildman–Crippen LogP) is 3.21. The first-order valence-electron chi connectivity index (χ1n) is 4.42. The fourth-order valence-electron chi connectivity index (χ4n) is 1.43. The van der Waals surface area contributed by atoms with Crippen LogP contribution in [0, 0.1) is 3.57 Å². The van der Waals surface area contributed by atoms with E-state index in [0.29, 0.717) is 0 Å². The summed E-state index contributed by atoms with van der Waals surface area (Å²) in [4.78, 5) is 0. The van der Waals surface area contributed by atoms with Gasteiger partial charge in [-0.25, -0.2) is 0 Å². The molecule has 0 saturated heterocycles. The van der Waals surface area contributed by atoms with Crippen LogP contribution in [0.1, 0.15) is 13.3 Å². The van der Waals surface area contributed by atoms with Crippen molar-refractivity contribution in [2.45, 2.75) is 19.9 Å². The Morgan fingerprint density at radius 1 is 1.43 bits per heavy atom. The molecule has 0 radical (unpaired) electrons. The molecule has 1 aromatic carbocycles. The van der Waals surface area contributed by atoms with Gasteiger partial charge in [-0.15, -0.1) is 0 Å². The summed E-state index contributed by atoms with van der Waals surface area (Å²) < 4.78 is 3.33. The second kappa shape index (κ2) is 4.75. The average molecular weight is 303 g/mol. The lowest BCUT2D eigenvalue weighted by Gasteiger charge is -2.00. The molecule has 3 N–H and O–H groups in total. The molecule has 76 valence electrons. The summed E-state index contributed by atoms with van der Waals surface area (Å²) >= 11 is 2.33. The first kappa shape index (κ1) is 11.5. The van der Waals surface area contributed by atoms with Crippen LogP contribution in [0.15, 0.2) is 24.4 Å². The topological polar surface area (TPSA) is 52.8 Å². The Labute approximate surface area is 97.2 Å². The molecule has 0 unspecified atom stereocenters. The first-order valence-corrected chi connectivity index (χ1v) is 5.50.